The van der Waals surface area contributed by atoms with Crippen LogP contribution in [0.2, 0.25) is 19.6 Å². The molecule has 0 fully saturated rings. The van der Waals surface area contributed by atoms with E-state index >= 15 is 0 Å². The van der Waals surface area contributed by atoms with Crippen molar-refractivity contribution in [3.8, 4) is 0 Å². The Labute approximate surface area is 123 Å². The van der Waals surface area contributed by atoms with E-state index in [1.165, 1.54) is 12.0 Å². The van der Waals surface area contributed by atoms with Gasteiger partial charge in [-0.15, -0.1) is 0 Å². The summed E-state index contributed by atoms with van der Waals surface area (Å²) in [6.07, 6.45) is 10.6. The van der Waals surface area contributed by atoms with Crippen molar-refractivity contribution in [3.63, 3.8) is 0 Å². The van der Waals surface area contributed by atoms with Crippen LogP contribution in [-0.4, -0.2) is 8.07 Å². The SMILES string of the molecule is CC12C=CC=CC(C1)C(c1ccccc1)=C2[Si](C)(C)C. The van der Waals surface area contributed by atoms with E-state index in [-0.39, 0.29) is 5.41 Å². The van der Waals surface area contributed by atoms with Gasteiger partial charge in [0, 0.05) is 11.3 Å². The molecule has 1 heteroatoms. The minimum absolute atomic E-state index is 0.254. The third-order valence-corrected chi connectivity index (χ3v) is 6.95. The molecular weight excluding hydrogens is 256 g/mol. The Morgan fingerprint density at radius 1 is 1.05 bits per heavy atom. The molecule has 0 spiro atoms. The zero-order chi connectivity index (χ0) is 14.4. The maximum atomic E-state index is 2.49. The van der Waals surface area contributed by atoms with Crippen LogP contribution in [0, 0.1) is 11.3 Å². The molecule has 2 aliphatic rings. The van der Waals surface area contributed by atoms with Crippen molar-refractivity contribution in [3.05, 3.63) is 65.4 Å². The van der Waals surface area contributed by atoms with Crippen molar-refractivity contribution in [2.45, 2.75) is 33.0 Å². The highest BCUT2D eigenvalue weighted by molar-refractivity contribution is 6.84. The average molecular weight is 280 g/mol. The fraction of sp³-hybridized carbons (Fsp3) is 0.368. The van der Waals surface area contributed by atoms with Crippen molar-refractivity contribution < 1.29 is 0 Å². The summed E-state index contributed by atoms with van der Waals surface area (Å²) in [5.74, 6) is 0.583. The van der Waals surface area contributed by atoms with E-state index in [4.69, 9.17) is 0 Å². The standard InChI is InChI=1S/C19H24Si/c1-19-13-9-8-12-16(14-19)17(18(19)20(2,3)4)15-10-6-5-7-11-15/h5-13,16H,14H2,1-4H3. The number of fused-ring (bicyclic) bond motifs is 2. The highest BCUT2D eigenvalue weighted by Gasteiger charge is 2.45. The lowest BCUT2D eigenvalue weighted by Gasteiger charge is -2.33. The predicted molar refractivity (Wildman–Crippen MR) is 91.2 cm³/mol. The molecule has 2 atom stereocenters. The van der Waals surface area contributed by atoms with Crippen LogP contribution in [-0.2, 0) is 0 Å². The van der Waals surface area contributed by atoms with Gasteiger partial charge in [-0.3, -0.25) is 0 Å². The molecule has 2 bridgehead atoms. The van der Waals surface area contributed by atoms with Gasteiger partial charge < -0.3 is 0 Å². The maximum Gasteiger partial charge on any atom is 0.0739 e. The Hall–Kier alpha value is -1.34. The van der Waals surface area contributed by atoms with Crippen molar-refractivity contribution in [2.75, 3.05) is 0 Å². The van der Waals surface area contributed by atoms with Gasteiger partial charge in [0.15, 0.2) is 0 Å². The van der Waals surface area contributed by atoms with Crippen molar-refractivity contribution in [1.29, 1.82) is 0 Å². The van der Waals surface area contributed by atoms with Gasteiger partial charge in [-0.2, -0.15) is 0 Å². The molecule has 0 saturated carbocycles. The first-order chi connectivity index (χ1) is 9.42. The van der Waals surface area contributed by atoms with Gasteiger partial charge in [-0.05, 0) is 17.6 Å². The fourth-order valence-corrected chi connectivity index (χ4v) is 7.21. The summed E-state index contributed by atoms with van der Waals surface area (Å²) in [7, 11) is -1.36. The van der Waals surface area contributed by atoms with Gasteiger partial charge in [0.25, 0.3) is 0 Å². The van der Waals surface area contributed by atoms with Gasteiger partial charge in [-0.25, -0.2) is 0 Å². The van der Waals surface area contributed by atoms with Crippen LogP contribution in [0.15, 0.2) is 59.8 Å². The third-order valence-electron chi connectivity index (χ3n) is 4.61. The van der Waals surface area contributed by atoms with E-state index in [1.54, 1.807) is 10.8 Å². The Balaban J connectivity index is 2.27. The number of hydrogen-bond acceptors (Lipinski definition) is 0. The van der Waals surface area contributed by atoms with Crippen LogP contribution in [0.1, 0.15) is 18.9 Å². The highest BCUT2D eigenvalue weighted by atomic mass is 28.3. The lowest BCUT2D eigenvalue weighted by molar-refractivity contribution is 0.492. The minimum atomic E-state index is -1.36. The molecule has 0 nitrogen and oxygen atoms in total. The summed E-state index contributed by atoms with van der Waals surface area (Å²) in [6, 6.07) is 11.0. The van der Waals surface area contributed by atoms with Crippen LogP contribution < -0.4 is 0 Å². The first-order valence-electron chi connectivity index (χ1n) is 7.58. The average Bonchev–Trinajstić information content (AvgIpc) is 2.54. The van der Waals surface area contributed by atoms with Crippen LogP contribution in [0.3, 0.4) is 0 Å². The quantitative estimate of drug-likeness (QED) is 0.630. The zero-order valence-corrected chi connectivity index (χ0v) is 14.0. The van der Waals surface area contributed by atoms with Crippen molar-refractivity contribution >= 4 is 13.6 Å². The second-order valence-corrected chi connectivity index (χ2v) is 12.4. The van der Waals surface area contributed by atoms with Gasteiger partial charge in [0.05, 0.1) is 8.07 Å². The van der Waals surface area contributed by atoms with E-state index in [1.807, 2.05) is 0 Å². The zero-order valence-electron chi connectivity index (χ0n) is 13.0. The van der Waals surface area contributed by atoms with Crippen LogP contribution in [0.25, 0.3) is 5.57 Å². The second-order valence-electron chi connectivity index (χ2n) is 7.38. The maximum absolute atomic E-state index is 2.49. The topological polar surface area (TPSA) is 0 Å². The van der Waals surface area contributed by atoms with E-state index in [0.29, 0.717) is 5.92 Å². The molecule has 0 radical (unpaired) electrons. The molecule has 1 aromatic rings. The third kappa shape index (κ3) is 2.14. The summed E-state index contributed by atoms with van der Waals surface area (Å²) in [5, 5.41) is 1.75. The Morgan fingerprint density at radius 2 is 1.75 bits per heavy atom. The molecule has 0 aliphatic heterocycles. The number of rotatable bonds is 2. The van der Waals surface area contributed by atoms with E-state index in [9.17, 15) is 0 Å². The normalized spacial score (nSPS) is 28.9. The fourth-order valence-electron chi connectivity index (χ4n) is 4.17. The molecule has 2 aliphatic carbocycles. The molecule has 104 valence electrons. The summed E-state index contributed by atoms with van der Waals surface area (Å²) >= 11 is 0. The number of allylic oxidation sites excluding steroid dienone is 6. The van der Waals surface area contributed by atoms with Gasteiger partial charge in [0.1, 0.15) is 0 Å². The van der Waals surface area contributed by atoms with Crippen LogP contribution in [0.5, 0.6) is 0 Å². The van der Waals surface area contributed by atoms with E-state index in [0.717, 1.165) is 0 Å². The summed E-state index contributed by atoms with van der Waals surface area (Å²) in [6.45, 7) is 9.91. The van der Waals surface area contributed by atoms with Gasteiger partial charge >= 0.3 is 0 Å². The summed E-state index contributed by atoms with van der Waals surface area (Å²) in [4.78, 5) is 0. The molecular formula is C19H24Si. The van der Waals surface area contributed by atoms with Gasteiger partial charge in [0.2, 0.25) is 0 Å². The molecule has 1 aromatic carbocycles. The minimum Gasteiger partial charge on any atom is -0.0770 e. The molecule has 0 aromatic heterocycles. The van der Waals surface area contributed by atoms with E-state index < -0.39 is 8.07 Å². The predicted octanol–water partition coefficient (Wildman–Crippen LogP) is 5.47. The Morgan fingerprint density at radius 3 is 2.40 bits per heavy atom. The Kier molecular flexibility index (Phi) is 3.13. The van der Waals surface area contributed by atoms with Crippen LogP contribution >= 0.6 is 0 Å². The van der Waals surface area contributed by atoms with Crippen LogP contribution in [0.4, 0.5) is 0 Å². The van der Waals surface area contributed by atoms with Crippen molar-refractivity contribution in [2.24, 2.45) is 11.3 Å². The summed E-state index contributed by atoms with van der Waals surface area (Å²) in [5.41, 5.74) is 3.30. The molecule has 3 rings (SSSR count). The molecule has 2 unspecified atom stereocenters. The smallest absolute Gasteiger partial charge is 0.0739 e. The van der Waals surface area contributed by atoms with Crippen molar-refractivity contribution in [1.82, 2.24) is 0 Å². The molecule has 20 heavy (non-hydrogen) atoms. The molecule has 0 amide bonds. The Bertz CT molecular complexity index is 598. The number of benzene rings is 1. The second kappa shape index (κ2) is 4.59. The first kappa shape index (κ1) is 13.6. The lowest BCUT2D eigenvalue weighted by Crippen LogP contribution is -2.33. The lowest BCUT2D eigenvalue weighted by atomic mass is 9.88. The van der Waals surface area contributed by atoms with Gasteiger partial charge in [-0.1, -0.05) is 86.4 Å². The highest BCUT2D eigenvalue weighted by Crippen LogP contribution is 2.55. The first-order valence-corrected chi connectivity index (χ1v) is 11.1. The molecule has 0 heterocycles. The largest absolute Gasteiger partial charge is 0.0770 e. The molecule has 0 saturated heterocycles. The summed E-state index contributed by atoms with van der Waals surface area (Å²) < 4.78 is 0. The molecule has 0 N–H and O–H groups in total. The van der Waals surface area contributed by atoms with E-state index in [2.05, 4.69) is 81.2 Å². The number of hydrogen-bond donors (Lipinski definition) is 0. The monoisotopic (exact) mass is 280 g/mol.